The molecule has 9 radical (unpaired) electrons. The van der Waals surface area contributed by atoms with Crippen molar-refractivity contribution in [3.05, 3.63) is 45.5 Å². The Morgan fingerprint density at radius 1 is 0.478 bits per heavy atom. The van der Waals surface area contributed by atoms with E-state index in [2.05, 4.69) is 12.1 Å². The third-order valence-corrected chi connectivity index (χ3v) is 3.98. The first kappa shape index (κ1) is 22.8. The van der Waals surface area contributed by atoms with Crippen molar-refractivity contribution in [1.82, 2.24) is 0 Å². The van der Waals surface area contributed by atoms with Gasteiger partial charge in [-0.1, -0.05) is 41.5 Å². The van der Waals surface area contributed by atoms with Gasteiger partial charge in [-0.25, -0.2) is 0 Å². The molecule has 0 fully saturated rings. The minimum Gasteiger partial charge on any atom is -0.192 e. The monoisotopic (exact) mass is 367 g/mol. The minimum absolute atomic E-state index is 0. The van der Waals surface area contributed by atoms with E-state index in [-0.39, 0.29) is 32.7 Å². The van der Waals surface area contributed by atoms with Crippen molar-refractivity contribution in [2.45, 2.75) is 41.5 Å². The van der Waals surface area contributed by atoms with E-state index in [1.54, 1.807) is 0 Å². The molecule has 0 atom stereocenters. The molecule has 0 saturated heterocycles. The molecule has 0 nitrogen and oxygen atoms in total. The maximum absolute atomic E-state index is 5.74. The first-order valence-corrected chi connectivity index (χ1v) is 7.15. The Bertz CT molecular complexity index is 595. The molecule has 0 aliphatic rings. The van der Waals surface area contributed by atoms with Crippen molar-refractivity contribution in [3.63, 3.8) is 0 Å². The summed E-state index contributed by atoms with van der Waals surface area (Å²) in [5.41, 5.74) is 8.90. The predicted octanol–water partition coefficient (Wildman–Crippen LogP) is -0.00320. The molecule has 2 aromatic rings. The van der Waals surface area contributed by atoms with Gasteiger partial charge in [-0.2, -0.15) is 67.4 Å². The molecular weight excluding hydrogens is 348 g/mol. The zero-order valence-corrected chi connectivity index (χ0v) is 17.7. The largest absolute Gasteiger partial charge is 0.192 e. The van der Waals surface area contributed by atoms with Gasteiger partial charge in [-0.3, -0.25) is 0 Å². The van der Waals surface area contributed by atoms with Gasteiger partial charge in [0.25, 0.3) is 0 Å². The number of rotatable bonds is 0. The summed E-state index contributed by atoms with van der Waals surface area (Å²) >= 11 is 0. The van der Waals surface area contributed by atoms with Crippen LogP contribution in [0, 0.1) is 53.7 Å². The third kappa shape index (κ3) is 5.40. The van der Waals surface area contributed by atoms with Gasteiger partial charge in [0.05, 0.1) is 0 Å². The van der Waals surface area contributed by atoms with E-state index in [4.69, 9.17) is 31.4 Å². The van der Waals surface area contributed by atoms with E-state index >= 15 is 0 Å². The van der Waals surface area contributed by atoms with Crippen LogP contribution in [0.1, 0.15) is 33.4 Å². The van der Waals surface area contributed by atoms with Gasteiger partial charge in [0.2, 0.25) is 0 Å². The molecule has 107 valence electrons. The van der Waals surface area contributed by atoms with Crippen LogP contribution >= 0.6 is 0 Å². The van der Waals surface area contributed by atoms with Gasteiger partial charge in [0.15, 0.2) is 0 Å². The Morgan fingerprint density at radius 2 is 0.652 bits per heavy atom. The summed E-state index contributed by atoms with van der Waals surface area (Å²) in [5.74, 6) is 0. The van der Waals surface area contributed by atoms with Crippen molar-refractivity contribution >= 4 is 53.2 Å². The number of aryl methyl sites for hydroxylation is 4. The summed E-state index contributed by atoms with van der Waals surface area (Å²) in [6.45, 7) is 11.6. The van der Waals surface area contributed by atoms with Crippen LogP contribution in [0.2, 0.25) is 0 Å². The molecule has 0 bridgehead atoms. The van der Waals surface area contributed by atoms with Gasteiger partial charge in [0.1, 0.15) is 0 Å². The molecule has 2 rings (SSSR count). The smallest absolute Gasteiger partial charge is 0.0125 e. The van der Waals surface area contributed by atoms with Crippen LogP contribution in [0.3, 0.4) is 0 Å². The first-order valence-electron chi connectivity index (χ1n) is 7.15. The van der Waals surface area contributed by atoms with Crippen LogP contribution in [-0.4, -0.2) is 31.4 Å². The fraction of sp³-hybridized carbons (Fsp3) is 0.333. The molecule has 23 heavy (non-hydrogen) atoms. The van der Waals surface area contributed by atoms with Crippen LogP contribution in [-0.2, 0) is 32.7 Å². The van der Waals surface area contributed by atoms with Crippen molar-refractivity contribution < 1.29 is 32.7 Å². The summed E-state index contributed by atoms with van der Waals surface area (Å²) < 4.78 is 0. The van der Waals surface area contributed by atoms with Crippen LogP contribution < -0.4 is 21.9 Å². The standard InChI is InChI=1S/2C9H9B2.Y/c2*1-5-4-6(2)9(11)7(3)8(5)10;/h2*1-3H3;/q2*-1;. The molecule has 0 aliphatic heterocycles. The first-order chi connectivity index (χ1) is 10.1. The van der Waals surface area contributed by atoms with E-state index in [0.29, 0.717) is 0 Å². The minimum atomic E-state index is 0. The maximum atomic E-state index is 5.74. The van der Waals surface area contributed by atoms with E-state index in [9.17, 15) is 0 Å². The molecule has 0 heterocycles. The van der Waals surface area contributed by atoms with Crippen LogP contribution in [0.15, 0.2) is 0 Å². The fourth-order valence-corrected chi connectivity index (χ4v) is 2.25. The third-order valence-electron chi connectivity index (χ3n) is 3.98. The maximum Gasteiger partial charge on any atom is 0.0125 e. The Labute approximate surface area is 172 Å². The van der Waals surface area contributed by atoms with Gasteiger partial charge < -0.3 is 0 Å². The molecule has 0 aliphatic carbocycles. The zero-order valence-electron chi connectivity index (χ0n) is 14.9. The molecule has 0 amide bonds. The second-order valence-corrected chi connectivity index (χ2v) is 5.65. The summed E-state index contributed by atoms with van der Waals surface area (Å²) in [5, 5.41) is 0. The van der Waals surface area contributed by atoms with Crippen LogP contribution in [0.5, 0.6) is 0 Å². The van der Waals surface area contributed by atoms with Crippen molar-refractivity contribution in [1.29, 1.82) is 0 Å². The fourth-order valence-electron chi connectivity index (χ4n) is 2.25. The van der Waals surface area contributed by atoms with Gasteiger partial charge >= 0.3 is 0 Å². The van der Waals surface area contributed by atoms with E-state index in [1.165, 1.54) is 0 Å². The average Bonchev–Trinajstić information content (AvgIpc) is 2.47. The Morgan fingerprint density at radius 3 is 0.826 bits per heavy atom. The van der Waals surface area contributed by atoms with Crippen molar-refractivity contribution in [2.75, 3.05) is 0 Å². The summed E-state index contributed by atoms with van der Waals surface area (Å²) in [6, 6.07) is 6.20. The van der Waals surface area contributed by atoms with E-state index < -0.39 is 0 Å². The number of benzene rings is 2. The zero-order chi connectivity index (χ0) is 17.2. The van der Waals surface area contributed by atoms with Crippen molar-refractivity contribution in [2.24, 2.45) is 0 Å². The molecular formula is C18H18B4Y-2. The quantitative estimate of drug-likeness (QED) is 0.455. The number of hydrogen-bond acceptors (Lipinski definition) is 0. The second-order valence-electron chi connectivity index (χ2n) is 5.65. The molecule has 0 spiro atoms. The van der Waals surface area contributed by atoms with Gasteiger partial charge in [-0.05, 0) is 0 Å². The Hall–Kier alpha value is -0.196. The average molecular weight is 366 g/mol. The molecule has 2 aromatic carbocycles. The summed E-state index contributed by atoms with van der Waals surface area (Å²) in [4.78, 5) is 0. The molecule has 0 N–H and O–H groups in total. The Kier molecular flexibility index (Phi) is 9.25. The van der Waals surface area contributed by atoms with Crippen LogP contribution in [0.4, 0.5) is 0 Å². The molecule has 0 saturated carbocycles. The second kappa shape index (κ2) is 9.33. The Balaban J connectivity index is 0.000000403. The normalized spacial score (nSPS) is 9.65. The van der Waals surface area contributed by atoms with Crippen molar-refractivity contribution in [3.8, 4) is 0 Å². The molecule has 5 heteroatoms. The number of hydrogen-bond donors (Lipinski definition) is 0. The van der Waals surface area contributed by atoms with E-state index in [0.717, 1.165) is 55.2 Å². The summed E-state index contributed by atoms with van der Waals surface area (Å²) in [6.07, 6.45) is 0. The molecule has 0 unspecified atom stereocenters. The SMILES string of the molecule is [B]c1c(C)[c-]c(C)c([B])c1C.[B]c1c(C)[c-]c(C)c([B])c1C.[Y]. The van der Waals surface area contributed by atoms with Gasteiger partial charge in [-0.15, -0.1) is 0 Å². The summed E-state index contributed by atoms with van der Waals surface area (Å²) in [7, 11) is 23.0. The predicted molar refractivity (Wildman–Crippen MR) is 101 cm³/mol. The van der Waals surface area contributed by atoms with E-state index in [1.807, 2.05) is 41.5 Å². The van der Waals surface area contributed by atoms with Gasteiger partial charge in [0, 0.05) is 64.1 Å². The molecule has 0 aromatic heterocycles. The van der Waals surface area contributed by atoms with Crippen LogP contribution in [0.25, 0.3) is 0 Å². The topological polar surface area (TPSA) is 0 Å².